The first-order valence-corrected chi connectivity index (χ1v) is 12.8. The summed E-state index contributed by atoms with van der Waals surface area (Å²) in [5, 5.41) is 7.93. The molecular formula is C24H27ClN4O3S. The summed E-state index contributed by atoms with van der Waals surface area (Å²) >= 11 is 6.22. The van der Waals surface area contributed by atoms with E-state index in [0.29, 0.717) is 35.1 Å². The van der Waals surface area contributed by atoms with E-state index in [1.54, 1.807) is 45.4 Å². The fourth-order valence-corrected chi connectivity index (χ4v) is 5.58. The van der Waals surface area contributed by atoms with Gasteiger partial charge in [-0.15, -0.1) is 0 Å². The van der Waals surface area contributed by atoms with Crippen LogP contribution in [0.25, 0.3) is 5.69 Å². The fraction of sp³-hybridized carbons (Fsp3) is 0.333. The molecule has 9 heteroatoms. The molecule has 7 nitrogen and oxygen atoms in total. The van der Waals surface area contributed by atoms with Gasteiger partial charge in [0.25, 0.3) is 5.91 Å². The lowest BCUT2D eigenvalue weighted by molar-refractivity contribution is 0.0951. The van der Waals surface area contributed by atoms with E-state index in [-0.39, 0.29) is 5.91 Å². The minimum atomic E-state index is -3.45. The number of carbonyl (C=O) groups excluding carboxylic acids is 1. The van der Waals surface area contributed by atoms with Gasteiger partial charge in [0.2, 0.25) is 10.0 Å². The van der Waals surface area contributed by atoms with Crippen molar-refractivity contribution >= 4 is 27.5 Å². The first kappa shape index (κ1) is 23.5. The minimum Gasteiger partial charge on any atom is -0.348 e. The second kappa shape index (κ2) is 9.67. The van der Waals surface area contributed by atoms with Crippen LogP contribution in [0.4, 0.5) is 0 Å². The van der Waals surface area contributed by atoms with E-state index in [1.807, 2.05) is 26.0 Å². The normalized spacial score (nSPS) is 14.9. The van der Waals surface area contributed by atoms with Crippen LogP contribution in [-0.2, 0) is 16.6 Å². The van der Waals surface area contributed by atoms with Gasteiger partial charge in [0.1, 0.15) is 0 Å². The van der Waals surface area contributed by atoms with Gasteiger partial charge >= 0.3 is 0 Å². The van der Waals surface area contributed by atoms with Crippen LogP contribution in [0.2, 0.25) is 5.02 Å². The summed E-state index contributed by atoms with van der Waals surface area (Å²) < 4.78 is 28.8. The van der Waals surface area contributed by atoms with Gasteiger partial charge in [-0.3, -0.25) is 4.79 Å². The summed E-state index contributed by atoms with van der Waals surface area (Å²) in [5.41, 5.74) is 3.78. The van der Waals surface area contributed by atoms with Crippen molar-refractivity contribution in [3.63, 3.8) is 0 Å². The van der Waals surface area contributed by atoms with E-state index < -0.39 is 10.0 Å². The number of hydrogen-bond acceptors (Lipinski definition) is 4. The number of halogens is 1. The lowest BCUT2D eigenvalue weighted by atomic mass is 10.1. The molecule has 1 saturated heterocycles. The zero-order valence-electron chi connectivity index (χ0n) is 18.7. The summed E-state index contributed by atoms with van der Waals surface area (Å²) in [6.45, 7) is 5.20. The van der Waals surface area contributed by atoms with Crippen molar-refractivity contribution in [3.8, 4) is 5.69 Å². The van der Waals surface area contributed by atoms with Gasteiger partial charge < -0.3 is 5.32 Å². The number of piperidine rings is 1. The number of rotatable bonds is 6. The summed E-state index contributed by atoms with van der Waals surface area (Å²) in [5.74, 6) is -0.210. The molecule has 0 unspecified atom stereocenters. The van der Waals surface area contributed by atoms with E-state index in [4.69, 9.17) is 11.6 Å². The van der Waals surface area contributed by atoms with Crippen molar-refractivity contribution in [1.29, 1.82) is 0 Å². The Kier molecular flexibility index (Phi) is 6.88. The molecule has 1 amide bonds. The highest BCUT2D eigenvalue weighted by molar-refractivity contribution is 7.89. The molecule has 2 aromatic carbocycles. The Labute approximate surface area is 199 Å². The van der Waals surface area contributed by atoms with Gasteiger partial charge in [-0.05, 0) is 68.7 Å². The van der Waals surface area contributed by atoms with Gasteiger partial charge in [-0.2, -0.15) is 9.40 Å². The van der Waals surface area contributed by atoms with E-state index in [1.165, 1.54) is 0 Å². The maximum atomic E-state index is 12.8. The van der Waals surface area contributed by atoms with Crippen LogP contribution in [0.5, 0.6) is 0 Å². The summed E-state index contributed by atoms with van der Waals surface area (Å²) in [7, 11) is -3.45. The molecule has 4 rings (SSSR count). The SMILES string of the molecule is Cc1nn(-c2ccc(C(=O)NCc3ccc(S(=O)(=O)N4CCCCC4)cc3)cc2)c(C)c1Cl. The predicted octanol–water partition coefficient (Wildman–Crippen LogP) is 4.25. The van der Waals surface area contributed by atoms with Crippen molar-refractivity contribution in [2.75, 3.05) is 13.1 Å². The molecule has 1 fully saturated rings. The lowest BCUT2D eigenvalue weighted by Crippen LogP contribution is -2.35. The number of aromatic nitrogens is 2. The van der Waals surface area contributed by atoms with Gasteiger partial charge in [-0.1, -0.05) is 30.2 Å². The maximum absolute atomic E-state index is 12.8. The summed E-state index contributed by atoms with van der Waals surface area (Å²) in [6.07, 6.45) is 2.88. The first-order chi connectivity index (χ1) is 15.8. The van der Waals surface area contributed by atoms with E-state index in [9.17, 15) is 13.2 Å². The van der Waals surface area contributed by atoms with E-state index >= 15 is 0 Å². The Hall–Kier alpha value is -2.68. The van der Waals surface area contributed by atoms with Crippen LogP contribution in [0, 0.1) is 13.8 Å². The van der Waals surface area contributed by atoms with Gasteiger partial charge in [0.05, 0.1) is 27.0 Å². The maximum Gasteiger partial charge on any atom is 0.251 e. The number of nitrogens with one attached hydrogen (secondary N) is 1. The standard InChI is InChI=1S/C24H27ClN4O3S/c1-17-23(25)18(2)29(27-17)21-10-8-20(9-11-21)24(30)26-16-19-6-12-22(13-7-19)33(31,32)28-14-4-3-5-15-28/h6-13H,3-5,14-16H2,1-2H3,(H,26,30). The number of benzene rings is 2. The molecule has 3 aromatic rings. The third kappa shape index (κ3) is 4.98. The largest absolute Gasteiger partial charge is 0.348 e. The van der Waals surface area contributed by atoms with Crippen LogP contribution in [0.3, 0.4) is 0 Å². The number of hydrogen-bond donors (Lipinski definition) is 1. The molecule has 1 aromatic heterocycles. The van der Waals surface area contributed by atoms with Crippen molar-refractivity contribution < 1.29 is 13.2 Å². The molecular weight excluding hydrogens is 460 g/mol. The molecule has 1 N–H and O–H groups in total. The number of carbonyl (C=O) groups is 1. The Bertz CT molecular complexity index is 1250. The Morgan fingerprint density at radius 2 is 1.64 bits per heavy atom. The number of aryl methyl sites for hydroxylation is 1. The average molecular weight is 487 g/mol. The summed E-state index contributed by atoms with van der Waals surface area (Å²) in [6, 6.07) is 13.8. The fourth-order valence-electron chi connectivity index (χ4n) is 3.95. The third-order valence-electron chi connectivity index (χ3n) is 5.91. The summed E-state index contributed by atoms with van der Waals surface area (Å²) in [4.78, 5) is 12.9. The Balaban J connectivity index is 1.38. The second-order valence-corrected chi connectivity index (χ2v) is 10.6. The monoisotopic (exact) mass is 486 g/mol. The zero-order valence-corrected chi connectivity index (χ0v) is 20.3. The van der Waals surface area contributed by atoms with Crippen molar-refractivity contribution in [2.45, 2.75) is 44.6 Å². The van der Waals surface area contributed by atoms with Gasteiger partial charge in [0, 0.05) is 25.2 Å². The first-order valence-electron chi connectivity index (χ1n) is 11.0. The molecule has 33 heavy (non-hydrogen) atoms. The topological polar surface area (TPSA) is 84.3 Å². The Morgan fingerprint density at radius 1 is 1.00 bits per heavy atom. The third-order valence-corrected chi connectivity index (χ3v) is 8.37. The highest BCUT2D eigenvalue weighted by Gasteiger charge is 2.25. The van der Waals surface area contributed by atoms with Crippen molar-refractivity contribution in [3.05, 3.63) is 76.1 Å². The molecule has 1 aliphatic heterocycles. The average Bonchev–Trinajstić information content (AvgIpc) is 3.10. The molecule has 0 bridgehead atoms. The second-order valence-electron chi connectivity index (χ2n) is 8.23. The van der Waals surface area contributed by atoms with Gasteiger partial charge in [0.15, 0.2) is 0 Å². The highest BCUT2D eigenvalue weighted by atomic mass is 35.5. The molecule has 2 heterocycles. The molecule has 0 aliphatic carbocycles. The quantitative estimate of drug-likeness (QED) is 0.564. The zero-order chi connectivity index (χ0) is 23.6. The molecule has 174 valence electrons. The number of sulfonamides is 1. The molecule has 0 saturated carbocycles. The molecule has 0 atom stereocenters. The van der Waals surface area contributed by atoms with Crippen LogP contribution in [-0.4, -0.2) is 41.5 Å². The predicted molar refractivity (Wildman–Crippen MR) is 128 cm³/mol. The van der Waals surface area contributed by atoms with E-state index in [2.05, 4.69) is 10.4 Å². The van der Waals surface area contributed by atoms with Crippen molar-refractivity contribution in [2.24, 2.45) is 0 Å². The lowest BCUT2D eigenvalue weighted by Gasteiger charge is -2.25. The smallest absolute Gasteiger partial charge is 0.251 e. The minimum absolute atomic E-state index is 0.210. The van der Waals surface area contributed by atoms with Crippen molar-refractivity contribution in [1.82, 2.24) is 19.4 Å². The van der Waals surface area contributed by atoms with Crippen LogP contribution in [0.1, 0.15) is 46.6 Å². The molecule has 0 radical (unpaired) electrons. The number of nitrogens with zero attached hydrogens (tertiary/aromatic N) is 3. The Morgan fingerprint density at radius 3 is 2.21 bits per heavy atom. The van der Waals surface area contributed by atoms with E-state index in [0.717, 1.165) is 41.9 Å². The molecule has 1 aliphatic rings. The van der Waals surface area contributed by atoms with Crippen LogP contribution in [0.15, 0.2) is 53.4 Å². The van der Waals surface area contributed by atoms with Gasteiger partial charge in [-0.25, -0.2) is 13.1 Å². The highest BCUT2D eigenvalue weighted by Crippen LogP contribution is 2.23. The number of amides is 1. The van der Waals surface area contributed by atoms with Crippen LogP contribution < -0.4 is 5.32 Å². The van der Waals surface area contributed by atoms with Crippen LogP contribution >= 0.6 is 11.6 Å². The molecule has 0 spiro atoms.